The van der Waals surface area contributed by atoms with Gasteiger partial charge >= 0.3 is 0 Å². The van der Waals surface area contributed by atoms with Crippen molar-refractivity contribution in [1.29, 1.82) is 0 Å². The Morgan fingerprint density at radius 3 is 2.25 bits per heavy atom. The molecular weight excluding hydrogens is 334 g/mol. The molecule has 1 aliphatic rings. The number of methoxy groups -OCH3 is 3. The number of ether oxygens (including phenoxy) is 3. The van der Waals surface area contributed by atoms with Gasteiger partial charge in [-0.1, -0.05) is 0 Å². The van der Waals surface area contributed by atoms with Gasteiger partial charge in [-0.3, -0.25) is 4.79 Å². The summed E-state index contributed by atoms with van der Waals surface area (Å²) in [4.78, 5) is 12.1. The highest BCUT2D eigenvalue weighted by molar-refractivity contribution is 7.91. The number of rotatable bonds is 7. The summed E-state index contributed by atoms with van der Waals surface area (Å²) >= 11 is 0. The molecule has 0 aromatic heterocycles. The van der Waals surface area contributed by atoms with Crippen LogP contribution in [-0.4, -0.2) is 47.2 Å². The maximum Gasteiger partial charge on any atom is 0.224 e. The molecule has 134 valence electrons. The molecule has 1 heterocycles. The van der Waals surface area contributed by atoms with Crippen molar-refractivity contribution in [3.8, 4) is 17.2 Å². The van der Waals surface area contributed by atoms with Crippen LogP contribution in [0.25, 0.3) is 0 Å². The van der Waals surface area contributed by atoms with Crippen molar-refractivity contribution >= 4 is 21.4 Å². The van der Waals surface area contributed by atoms with Gasteiger partial charge in [-0.15, -0.1) is 0 Å². The zero-order valence-corrected chi connectivity index (χ0v) is 14.9. The summed E-state index contributed by atoms with van der Waals surface area (Å²) in [5.41, 5.74) is 0.536. The second-order valence-corrected chi connectivity index (χ2v) is 8.00. The van der Waals surface area contributed by atoms with Gasteiger partial charge in [0, 0.05) is 24.2 Å². The molecule has 8 heteroatoms. The van der Waals surface area contributed by atoms with E-state index in [0.717, 1.165) is 0 Å². The number of anilines is 1. The highest BCUT2D eigenvalue weighted by atomic mass is 32.2. The number of sulfone groups is 1. The first-order chi connectivity index (χ1) is 11.4. The van der Waals surface area contributed by atoms with Gasteiger partial charge < -0.3 is 19.5 Å². The zero-order chi connectivity index (χ0) is 17.7. The van der Waals surface area contributed by atoms with E-state index in [2.05, 4.69) is 5.32 Å². The molecule has 1 fully saturated rings. The summed E-state index contributed by atoms with van der Waals surface area (Å²) in [7, 11) is 1.61. The van der Waals surface area contributed by atoms with Gasteiger partial charge in [-0.25, -0.2) is 8.42 Å². The van der Waals surface area contributed by atoms with Crippen LogP contribution in [0.2, 0.25) is 0 Å². The van der Waals surface area contributed by atoms with Gasteiger partial charge in [0.2, 0.25) is 11.7 Å². The smallest absolute Gasteiger partial charge is 0.224 e. The second kappa shape index (κ2) is 7.74. The SMILES string of the molecule is COc1cc(NC(=O)CCC2CCS(=O)(=O)C2)cc(OC)c1OC. The number of amides is 1. The van der Waals surface area contributed by atoms with Crippen molar-refractivity contribution in [1.82, 2.24) is 0 Å². The van der Waals surface area contributed by atoms with E-state index in [9.17, 15) is 13.2 Å². The van der Waals surface area contributed by atoms with Gasteiger partial charge in [0.1, 0.15) is 0 Å². The first kappa shape index (κ1) is 18.4. The summed E-state index contributed by atoms with van der Waals surface area (Å²) in [5.74, 6) is 1.67. The third kappa shape index (κ3) is 4.53. The normalized spacial score (nSPS) is 18.9. The largest absolute Gasteiger partial charge is 0.493 e. The lowest BCUT2D eigenvalue weighted by Gasteiger charge is -2.15. The summed E-state index contributed by atoms with van der Waals surface area (Å²) in [6.07, 6.45) is 1.48. The van der Waals surface area contributed by atoms with Gasteiger partial charge in [-0.05, 0) is 18.8 Å². The van der Waals surface area contributed by atoms with E-state index < -0.39 is 9.84 Å². The lowest BCUT2D eigenvalue weighted by molar-refractivity contribution is -0.116. The molecule has 1 amide bonds. The van der Waals surface area contributed by atoms with Crippen molar-refractivity contribution in [3.63, 3.8) is 0 Å². The molecule has 1 unspecified atom stereocenters. The quantitative estimate of drug-likeness (QED) is 0.801. The molecule has 1 aliphatic heterocycles. The molecule has 0 spiro atoms. The molecule has 24 heavy (non-hydrogen) atoms. The van der Waals surface area contributed by atoms with E-state index in [0.29, 0.717) is 35.8 Å². The fourth-order valence-corrected chi connectivity index (χ4v) is 4.72. The number of carbonyl (C=O) groups is 1. The molecule has 0 saturated carbocycles. The molecule has 1 saturated heterocycles. The average Bonchev–Trinajstić information content (AvgIpc) is 2.91. The Labute approximate surface area is 142 Å². The minimum atomic E-state index is -2.91. The van der Waals surface area contributed by atoms with Crippen LogP contribution in [0.3, 0.4) is 0 Å². The van der Waals surface area contributed by atoms with E-state index in [-0.39, 0.29) is 29.8 Å². The Hall–Kier alpha value is -1.96. The summed E-state index contributed by atoms with van der Waals surface area (Å²) in [6, 6.07) is 3.30. The Morgan fingerprint density at radius 2 is 1.79 bits per heavy atom. The average molecular weight is 357 g/mol. The van der Waals surface area contributed by atoms with Gasteiger partial charge in [0.05, 0.1) is 32.8 Å². The first-order valence-electron chi connectivity index (χ1n) is 7.68. The van der Waals surface area contributed by atoms with Crippen LogP contribution in [-0.2, 0) is 14.6 Å². The minimum Gasteiger partial charge on any atom is -0.493 e. The van der Waals surface area contributed by atoms with Crippen molar-refractivity contribution in [2.24, 2.45) is 5.92 Å². The van der Waals surface area contributed by atoms with Crippen molar-refractivity contribution in [2.45, 2.75) is 19.3 Å². The third-order valence-corrected chi connectivity index (χ3v) is 5.89. The first-order valence-corrected chi connectivity index (χ1v) is 9.51. The Balaban J connectivity index is 1.98. The molecule has 0 aliphatic carbocycles. The maximum atomic E-state index is 12.1. The molecule has 7 nitrogen and oxygen atoms in total. The molecular formula is C16H23NO6S. The summed E-state index contributed by atoms with van der Waals surface area (Å²) in [5, 5.41) is 2.78. The van der Waals surface area contributed by atoms with Gasteiger partial charge in [0.15, 0.2) is 21.3 Å². The van der Waals surface area contributed by atoms with Crippen molar-refractivity contribution < 1.29 is 27.4 Å². The molecule has 2 rings (SSSR count). The van der Waals surface area contributed by atoms with Crippen LogP contribution in [0, 0.1) is 5.92 Å². The third-order valence-electron chi connectivity index (χ3n) is 4.05. The number of carbonyl (C=O) groups excluding carboxylic acids is 1. The maximum absolute atomic E-state index is 12.1. The van der Waals surface area contributed by atoms with E-state index in [1.165, 1.54) is 21.3 Å². The number of nitrogens with one attached hydrogen (secondary N) is 1. The van der Waals surface area contributed by atoms with Crippen LogP contribution in [0.5, 0.6) is 17.2 Å². The highest BCUT2D eigenvalue weighted by Crippen LogP contribution is 2.40. The predicted octanol–water partition coefficient (Wildman–Crippen LogP) is 1.87. The fraction of sp³-hybridized carbons (Fsp3) is 0.562. The molecule has 1 aromatic carbocycles. The molecule has 0 radical (unpaired) electrons. The van der Waals surface area contributed by atoms with Gasteiger partial charge in [0.25, 0.3) is 0 Å². The lowest BCUT2D eigenvalue weighted by atomic mass is 10.0. The lowest BCUT2D eigenvalue weighted by Crippen LogP contribution is -2.14. The number of benzene rings is 1. The van der Waals surface area contributed by atoms with Crippen LogP contribution >= 0.6 is 0 Å². The topological polar surface area (TPSA) is 90.9 Å². The van der Waals surface area contributed by atoms with Crippen LogP contribution in [0.15, 0.2) is 12.1 Å². The monoisotopic (exact) mass is 357 g/mol. The Kier molecular flexibility index (Phi) is 5.93. The van der Waals surface area contributed by atoms with Gasteiger partial charge in [-0.2, -0.15) is 0 Å². The summed E-state index contributed by atoms with van der Waals surface area (Å²) in [6.45, 7) is 0. The molecule has 1 atom stereocenters. The second-order valence-electron chi connectivity index (χ2n) is 5.77. The fourth-order valence-electron chi connectivity index (χ4n) is 2.81. The standard InChI is InChI=1S/C16H23NO6S/c1-21-13-8-12(9-14(22-2)16(13)23-3)17-15(18)5-4-11-6-7-24(19,20)10-11/h8-9,11H,4-7,10H2,1-3H3,(H,17,18). The van der Waals surface area contributed by atoms with Crippen LogP contribution < -0.4 is 19.5 Å². The number of hydrogen-bond donors (Lipinski definition) is 1. The zero-order valence-electron chi connectivity index (χ0n) is 14.1. The van der Waals surface area contributed by atoms with Crippen LogP contribution in [0.1, 0.15) is 19.3 Å². The van der Waals surface area contributed by atoms with Crippen molar-refractivity contribution in [3.05, 3.63) is 12.1 Å². The summed E-state index contributed by atoms with van der Waals surface area (Å²) < 4.78 is 38.6. The highest BCUT2D eigenvalue weighted by Gasteiger charge is 2.28. The molecule has 0 bridgehead atoms. The Morgan fingerprint density at radius 1 is 1.17 bits per heavy atom. The van der Waals surface area contributed by atoms with E-state index >= 15 is 0 Å². The number of hydrogen-bond acceptors (Lipinski definition) is 6. The molecule has 1 N–H and O–H groups in total. The predicted molar refractivity (Wildman–Crippen MR) is 90.7 cm³/mol. The van der Waals surface area contributed by atoms with Crippen LogP contribution in [0.4, 0.5) is 5.69 Å². The Bertz CT molecular complexity index is 676. The van der Waals surface area contributed by atoms with E-state index in [1.807, 2.05) is 0 Å². The van der Waals surface area contributed by atoms with E-state index in [4.69, 9.17) is 14.2 Å². The van der Waals surface area contributed by atoms with Crippen molar-refractivity contribution in [2.75, 3.05) is 38.2 Å². The minimum absolute atomic E-state index is 0.0701. The van der Waals surface area contributed by atoms with E-state index in [1.54, 1.807) is 12.1 Å². The molecule has 1 aromatic rings.